The summed E-state index contributed by atoms with van der Waals surface area (Å²) >= 11 is 0. The summed E-state index contributed by atoms with van der Waals surface area (Å²) < 4.78 is 59.0. The first-order valence-corrected chi connectivity index (χ1v) is 32.0. The normalized spacial score (nSPS) is 34.8. The lowest BCUT2D eigenvalue weighted by Gasteiger charge is -2.48. The predicted octanol–water partition coefficient (Wildman–Crippen LogP) is 9.24. The first-order valence-electron chi connectivity index (χ1n) is 32.0. The number of nitrogens with zero attached hydrogens (tertiary/aromatic N) is 5. The number of methoxy groups -OCH3 is 1. The summed E-state index contributed by atoms with van der Waals surface area (Å²) in [6, 6.07) is 4.44. The fourth-order valence-electron chi connectivity index (χ4n) is 11.6. The van der Waals surface area contributed by atoms with Crippen molar-refractivity contribution in [3.63, 3.8) is 0 Å². The van der Waals surface area contributed by atoms with Gasteiger partial charge in [-0.25, -0.2) is 13.9 Å². The highest BCUT2D eigenvalue weighted by Gasteiger charge is 2.52. The molecule has 4 fully saturated rings. The van der Waals surface area contributed by atoms with E-state index in [1.165, 1.54) is 38.3 Å². The summed E-state index contributed by atoms with van der Waals surface area (Å²) in [5, 5.41) is 59.9. The van der Waals surface area contributed by atoms with E-state index >= 15 is 0 Å². The number of nitrogens with one attached hydrogen (secondary N) is 2. The zero-order valence-electron chi connectivity index (χ0n) is 57.2. The lowest BCUT2D eigenvalue weighted by Crippen LogP contribution is -2.60. The van der Waals surface area contributed by atoms with Crippen LogP contribution in [0.4, 0.5) is 14.9 Å². The maximum absolute atomic E-state index is 14.3. The molecule has 0 saturated carbocycles. The van der Waals surface area contributed by atoms with Crippen LogP contribution in [0.5, 0.6) is 0 Å². The molecule has 0 radical (unpaired) electrons. The maximum Gasteiger partial charge on any atom is 0.414 e. The molecule has 0 spiro atoms. The lowest BCUT2D eigenvalue weighted by molar-refractivity contribution is -0.308. The van der Waals surface area contributed by atoms with Crippen molar-refractivity contribution in [1.29, 1.82) is 0 Å². The maximum atomic E-state index is 14.3. The number of carbonyl (C=O) groups is 3. The Morgan fingerprint density at radius 1 is 0.943 bits per heavy atom. The second-order valence-corrected chi connectivity index (χ2v) is 24.7. The van der Waals surface area contributed by atoms with Crippen LogP contribution in [0.3, 0.4) is 0 Å². The summed E-state index contributed by atoms with van der Waals surface area (Å²) in [5.74, 6) is -2.74. The van der Waals surface area contributed by atoms with E-state index in [9.17, 15) is 39.2 Å². The molecule has 22 heteroatoms. The second-order valence-electron chi connectivity index (χ2n) is 24.7. The van der Waals surface area contributed by atoms with E-state index < -0.39 is 102 Å². The molecule has 5 heterocycles. The van der Waals surface area contributed by atoms with Gasteiger partial charge in [0.15, 0.2) is 12.6 Å². The number of hydrogen-bond acceptors (Lipinski definition) is 18. The van der Waals surface area contributed by atoms with Gasteiger partial charge in [0.2, 0.25) is 5.91 Å². The Balaban J connectivity index is 0.000000579. The highest BCUT2D eigenvalue weighted by molar-refractivity contribution is 5.90. The third kappa shape index (κ3) is 23.7. The molecule has 1 aromatic heterocycles. The number of hydrogen-bond donors (Lipinski definition) is 6. The van der Waals surface area contributed by atoms with Gasteiger partial charge in [0, 0.05) is 57.0 Å². The third-order valence-electron chi connectivity index (χ3n) is 16.9. The Morgan fingerprint density at radius 3 is 2.16 bits per heavy atom. The minimum atomic E-state index is -1.75. The number of amides is 2. The van der Waals surface area contributed by atoms with Gasteiger partial charge in [0.05, 0.1) is 73.1 Å². The number of carbonyl (C=O) groups excluding carboxylic acids is 3. The van der Waals surface area contributed by atoms with Crippen LogP contribution < -0.4 is 15.5 Å². The van der Waals surface area contributed by atoms with Gasteiger partial charge >= 0.3 is 12.1 Å². The molecule has 88 heavy (non-hydrogen) atoms. The van der Waals surface area contributed by atoms with E-state index in [1.807, 2.05) is 105 Å². The van der Waals surface area contributed by atoms with Crippen LogP contribution in [-0.2, 0) is 49.3 Å². The van der Waals surface area contributed by atoms with Gasteiger partial charge in [0.1, 0.15) is 35.8 Å². The monoisotopic (exact) mass is 1250 g/mol. The first kappa shape index (κ1) is 79.6. The van der Waals surface area contributed by atoms with Crippen LogP contribution in [0.25, 0.3) is 0 Å². The van der Waals surface area contributed by atoms with E-state index in [-0.39, 0.29) is 61.6 Å². The van der Waals surface area contributed by atoms with Crippen LogP contribution in [0.1, 0.15) is 181 Å². The SMILES string of the molecule is C/C=C/Cn1ccnn1.C/C=C\C(C)c1ccc(N2C[C@H](CNC(C)=O)OC2=O)cc1F.CC.CCC.CC[C@H]1OC(=O)[C@H](C)[C@@H](O[C@H]2C[C@@](C)(OC)[C@@H](O)[C@H](C)O2)[C@H](C)[C@@H](O[C@H]2C[C@@H](NC)C[C@@H](C)O2)[C@](C)(O)C[C@@H](C)CCN(C)[C@H](C)C(O)[C@]1(C)O. The van der Waals surface area contributed by atoms with Crippen LogP contribution in [0.15, 0.2) is 54.9 Å². The van der Waals surface area contributed by atoms with Crippen molar-refractivity contribution in [2.75, 3.05) is 45.7 Å². The molecule has 0 bridgehead atoms. The van der Waals surface area contributed by atoms with Crippen molar-refractivity contribution in [2.45, 2.75) is 272 Å². The second kappa shape index (κ2) is 38.4. The zero-order chi connectivity index (χ0) is 66.9. The average molecular weight is 1250 g/mol. The van der Waals surface area contributed by atoms with Crippen molar-refractivity contribution in [2.24, 2.45) is 17.8 Å². The van der Waals surface area contributed by atoms with Gasteiger partial charge in [-0.1, -0.05) is 97.4 Å². The van der Waals surface area contributed by atoms with Crippen LogP contribution in [-0.4, -0.2) is 189 Å². The molecule has 2 aromatic rings. The molecule has 0 aliphatic carbocycles. The van der Waals surface area contributed by atoms with Gasteiger partial charge in [-0.05, 0) is 132 Å². The smallest absolute Gasteiger partial charge is 0.414 e. The molecule has 21 nitrogen and oxygen atoms in total. The van der Waals surface area contributed by atoms with Crippen molar-refractivity contribution >= 4 is 23.7 Å². The highest BCUT2D eigenvalue weighted by Crippen LogP contribution is 2.40. The van der Waals surface area contributed by atoms with Crippen molar-refractivity contribution in [3.8, 4) is 0 Å². The molecular weight excluding hydrogens is 1130 g/mol. The average Bonchev–Trinajstić information content (AvgIpc) is 1.02. The Morgan fingerprint density at radius 2 is 1.60 bits per heavy atom. The number of allylic oxidation sites excluding steroid dienone is 4. The summed E-state index contributed by atoms with van der Waals surface area (Å²) in [7, 11) is 5.34. The standard InChI is InChI=1S/C38H72N2O11.C17H21FN2O3.C6H9N3.C3H8.C2H6/c1-14-28-38(10,45)32(41)25(6)40(12)16-15-21(2)19-36(8,44)34(51-29-18-27(39-11)17-22(3)47-29)23(4)31(24(5)35(43)49-28)50-30-20-37(9,46-13)33(42)26(7)48-30;1-4-5-11(2)15-7-6-13(8-16(15)18)20-10-14(23-17(20)22)9-19-12(3)21;1-2-3-5-9-6-4-7-8-9;1-3-2;1-2/h21-34,39,41-42,44-45H,14-20H2,1-13H3;4-8,11,14H,9-10H2,1-3H3,(H,19,21);2-4,6H,5H2,1H3;3H2,1-2H3;1-2H3/b;5-4-;3-2+;;/t21-,22+,23-,24+,25+,26-,27-,28+,29-,30-,31-,32?,33-,34+,36+,37+,38+;11?,14-;;;/m00.../s1. The minimum absolute atomic E-state index is 0.0336. The number of aliphatic hydroxyl groups is 4. The number of benzene rings is 1. The Bertz CT molecular complexity index is 2380. The number of aliphatic hydroxyl groups excluding tert-OH is 2. The fourth-order valence-corrected chi connectivity index (χ4v) is 11.6. The molecule has 2 unspecified atom stereocenters. The van der Waals surface area contributed by atoms with Crippen LogP contribution in [0, 0.1) is 23.6 Å². The molecule has 6 rings (SSSR count). The van der Waals surface area contributed by atoms with Crippen molar-refractivity contribution in [1.82, 2.24) is 30.5 Å². The largest absolute Gasteiger partial charge is 0.459 e. The molecule has 4 saturated heterocycles. The fraction of sp³-hybridized carbons (Fsp3) is 0.773. The molecule has 6 N–H and O–H groups in total. The number of aromatic nitrogens is 3. The molecular formula is C66H116FN7O14. The summed E-state index contributed by atoms with van der Waals surface area (Å²) in [6.45, 7) is 35.5. The number of rotatable bonds is 14. The Kier molecular flexibility index (Phi) is 34.8. The minimum Gasteiger partial charge on any atom is -0.459 e. The number of likely N-dealkylation sites (N-methyl/N-ethyl adjacent to an activating group) is 1. The van der Waals surface area contributed by atoms with E-state index in [1.54, 1.807) is 57.6 Å². The summed E-state index contributed by atoms with van der Waals surface area (Å²) in [4.78, 5) is 40.4. The van der Waals surface area contributed by atoms with Crippen molar-refractivity contribution in [3.05, 3.63) is 66.3 Å². The molecule has 19 atom stereocenters. The van der Waals surface area contributed by atoms with Crippen LogP contribution in [0.2, 0.25) is 0 Å². The number of ether oxygens (including phenoxy) is 7. The van der Waals surface area contributed by atoms with Crippen LogP contribution >= 0.6 is 0 Å². The third-order valence-corrected chi connectivity index (χ3v) is 16.9. The number of halogens is 1. The Hall–Kier alpha value is -4.46. The number of anilines is 1. The van der Waals surface area contributed by atoms with Gasteiger partial charge in [-0.15, -0.1) is 5.10 Å². The van der Waals surface area contributed by atoms with Crippen molar-refractivity contribution < 1.29 is 72.4 Å². The van der Waals surface area contributed by atoms with Gasteiger partial charge in [-0.2, -0.15) is 0 Å². The molecule has 1 aromatic carbocycles. The van der Waals surface area contributed by atoms with E-state index in [2.05, 4.69) is 41.7 Å². The highest BCUT2D eigenvalue weighted by atomic mass is 19.1. The molecule has 2 amide bonds. The van der Waals surface area contributed by atoms with Gasteiger partial charge in [-0.3, -0.25) is 14.5 Å². The van der Waals surface area contributed by atoms with E-state index in [0.717, 1.165) is 13.0 Å². The number of cyclic esters (lactones) is 2. The van der Waals surface area contributed by atoms with Gasteiger partial charge < -0.3 is 69.1 Å². The molecule has 4 aliphatic rings. The predicted molar refractivity (Wildman–Crippen MR) is 341 cm³/mol. The quantitative estimate of drug-likeness (QED) is 0.0761. The first-order chi connectivity index (χ1) is 41.4. The summed E-state index contributed by atoms with van der Waals surface area (Å²) in [6.07, 6.45) is 7.34. The van der Waals surface area contributed by atoms with Gasteiger partial charge in [0.25, 0.3) is 0 Å². The topological polar surface area (TPSA) is 258 Å². The summed E-state index contributed by atoms with van der Waals surface area (Å²) in [5.41, 5.74) is -3.10. The zero-order valence-corrected chi connectivity index (χ0v) is 57.2. The van der Waals surface area contributed by atoms with E-state index in [0.29, 0.717) is 37.1 Å². The molecule has 506 valence electrons. The van der Waals surface area contributed by atoms with E-state index in [4.69, 9.17) is 33.2 Å². The number of esters is 1. The Labute approximate surface area is 526 Å². The lowest BCUT2D eigenvalue weighted by atomic mass is 9.77. The molecule has 4 aliphatic heterocycles.